The van der Waals surface area contributed by atoms with E-state index in [0.29, 0.717) is 11.7 Å². The smallest absolute Gasteiger partial charge is 0.240 e. The minimum Gasteiger partial charge on any atom is -0.360 e. The van der Waals surface area contributed by atoms with E-state index in [1.54, 1.807) is 23.1 Å². The Hall–Kier alpha value is -1.45. The highest BCUT2D eigenvalue weighted by Crippen LogP contribution is 2.37. The first-order valence-corrected chi connectivity index (χ1v) is 8.95. The van der Waals surface area contributed by atoms with Crippen LogP contribution in [0, 0.1) is 0 Å². The van der Waals surface area contributed by atoms with Gasteiger partial charge in [-0.05, 0) is 25.3 Å². The molecule has 0 saturated carbocycles. The van der Waals surface area contributed by atoms with Gasteiger partial charge in [-0.2, -0.15) is 4.98 Å². The summed E-state index contributed by atoms with van der Waals surface area (Å²) in [5.74, 6) is 1.24. The average molecular weight is 339 g/mol. The summed E-state index contributed by atoms with van der Waals surface area (Å²) in [7, 11) is 0. The molecule has 0 aliphatic rings. The number of nitrogens with one attached hydrogen (secondary N) is 1. The molecule has 1 unspecified atom stereocenters. The van der Waals surface area contributed by atoms with Gasteiger partial charge in [0, 0.05) is 6.54 Å². The summed E-state index contributed by atoms with van der Waals surface area (Å²) >= 11 is 4.69. The summed E-state index contributed by atoms with van der Waals surface area (Å²) < 4.78 is 6.23. The fraction of sp³-hybridized carbons (Fsp3) is 0.333. The third kappa shape index (κ3) is 3.42. The molecular formula is C12H13N5OS3. The van der Waals surface area contributed by atoms with Gasteiger partial charge < -0.3 is 9.84 Å². The van der Waals surface area contributed by atoms with Crippen molar-refractivity contribution in [3.8, 4) is 10.7 Å². The molecule has 0 aliphatic heterocycles. The summed E-state index contributed by atoms with van der Waals surface area (Å²) in [6.07, 6.45) is 0. The average Bonchev–Trinajstić information content (AvgIpc) is 3.20. The number of nitrogens with zero attached hydrogens (tertiary/aromatic N) is 4. The van der Waals surface area contributed by atoms with Crippen molar-refractivity contribution in [3.63, 3.8) is 0 Å². The maximum atomic E-state index is 5.34. The monoisotopic (exact) mass is 339 g/mol. The van der Waals surface area contributed by atoms with Crippen LogP contribution in [-0.2, 0) is 0 Å². The SMILES string of the molecule is CCNc1nnc(SC(C)c2nc(-c3cccs3)no2)s1. The first-order chi connectivity index (χ1) is 10.3. The van der Waals surface area contributed by atoms with Crippen LogP contribution in [0.1, 0.15) is 25.0 Å². The number of anilines is 1. The van der Waals surface area contributed by atoms with Crippen LogP contribution < -0.4 is 5.32 Å². The molecule has 0 bridgehead atoms. The van der Waals surface area contributed by atoms with Crippen molar-refractivity contribution in [3.05, 3.63) is 23.4 Å². The Morgan fingerprint density at radius 2 is 2.33 bits per heavy atom. The largest absolute Gasteiger partial charge is 0.360 e. The van der Waals surface area contributed by atoms with Crippen LogP contribution in [0.3, 0.4) is 0 Å². The van der Waals surface area contributed by atoms with Crippen molar-refractivity contribution in [1.82, 2.24) is 20.3 Å². The van der Waals surface area contributed by atoms with Crippen LogP contribution in [0.25, 0.3) is 10.7 Å². The maximum absolute atomic E-state index is 5.34. The highest BCUT2D eigenvalue weighted by Gasteiger charge is 2.18. The van der Waals surface area contributed by atoms with Crippen LogP contribution in [0.5, 0.6) is 0 Å². The lowest BCUT2D eigenvalue weighted by Crippen LogP contribution is -1.94. The van der Waals surface area contributed by atoms with Gasteiger partial charge in [-0.15, -0.1) is 21.5 Å². The molecule has 6 nitrogen and oxygen atoms in total. The summed E-state index contributed by atoms with van der Waals surface area (Å²) in [6.45, 7) is 4.88. The van der Waals surface area contributed by atoms with Crippen LogP contribution in [-0.4, -0.2) is 26.9 Å². The highest BCUT2D eigenvalue weighted by molar-refractivity contribution is 8.01. The predicted molar refractivity (Wildman–Crippen MR) is 86.0 cm³/mol. The van der Waals surface area contributed by atoms with E-state index in [1.807, 2.05) is 31.4 Å². The van der Waals surface area contributed by atoms with E-state index in [9.17, 15) is 0 Å². The first-order valence-electron chi connectivity index (χ1n) is 6.37. The zero-order valence-electron chi connectivity index (χ0n) is 11.4. The van der Waals surface area contributed by atoms with Gasteiger partial charge in [0.25, 0.3) is 0 Å². The highest BCUT2D eigenvalue weighted by atomic mass is 32.2. The van der Waals surface area contributed by atoms with Crippen molar-refractivity contribution >= 4 is 39.6 Å². The Balaban J connectivity index is 1.68. The van der Waals surface area contributed by atoms with Gasteiger partial charge >= 0.3 is 0 Å². The molecule has 0 spiro atoms. The van der Waals surface area contributed by atoms with E-state index < -0.39 is 0 Å². The molecular weight excluding hydrogens is 326 g/mol. The van der Waals surface area contributed by atoms with Crippen molar-refractivity contribution in [2.45, 2.75) is 23.4 Å². The van der Waals surface area contributed by atoms with Crippen LogP contribution in [0.15, 0.2) is 26.4 Å². The zero-order valence-corrected chi connectivity index (χ0v) is 13.9. The molecule has 3 aromatic rings. The standard InChI is InChI=1S/C12H13N5OS3/c1-3-13-11-15-16-12(21-11)20-7(2)10-14-9(17-18-10)8-5-4-6-19-8/h4-7H,3H2,1-2H3,(H,13,15). The van der Waals surface area contributed by atoms with E-state index in [0.717, 1.165) is 20.9 Å². The minimum atomic E-state index is 0.0358. The van der Waals surface area contributed by atoms with Gasteiger partial charge in [0.05, 0.1) is 10.1 Å². The van der Waals surface area contributed by atoms with Gasteiger partial charge in [-0.3, -0.25) is 0 Å². The number of thioether (sulfide) groups is 1. The Kier molecular flexibility index (Phi) is 4.51. The lowest BCUT2D eigenvalue weighted by atomic mass is 10.4. The van der Waals surface area contributed by atoms with Crippen LogP contribution >= 0.6 is 34.4 Å². The van der Waals surface area contributed by atoms with Crippen molar-refractivity contribution in [1.29, 1.82) is 0 Å². The van der Waals surface area contributed by atoms with Gasteiger partial charge in [0.2, 0.25) is 16.8 Å². The Morgan fingerprint density at radius 3 is 3.10 bits per heavy atom. The Labute approximate surface area is 134 Å². The third-order valence-corrected chi connectivity index (χ3v) is 5.46. The summed E-state index contributed by atoms with van der Waals surface area (Å²) in [5, 5.41) is 18.2. The molecule has 0 aliphatic carbocycles. The van der Waals surface area contributed by atoms with E-state index in [4.69, 9.17) is 4.52 Å². The fourth-order valence-electron chi connectivity index (χ4n) is 1.59. The fourth-order valence-corrected chi connectivity index (χ4v) is 4.23. The van der Waals surface area contributed by atoms with Crippen molar-refractivity contribution in [2.24, 2.45) is 0 Å². The molecule has 0 fully saturated rings. The molecule has 1 atom stereocenters. The van der Waals surface area contributed by atoms with Crippen LogP contribution in [0.4, 0.5) is 5.13 Å². The lowest BCUT2D eigenvalue weighted by Gasteiger charge is -2.01. The molecule has 0 saturated heterocycles. The summed E-state index contributed by atoms with van der Waals surface area (Å²) in [6, 6.07) is 3.95. The van der Waals surface area contributed by atoms with E-state index >= 15 is 0 Å². The number of thiophene rings is 1. The minimum absolute atomic E-state index is 0.0358. The van der Waals surface area contributed by atoms with Gasteiger partial charge in [-0.1, -0.05) is 34.3 Å². The number of hydrogen-bond acceptors (Lipinski definition) is 9. The number of aromatic nitrogens is 4. The Bertz CT molecular complexity index is 693. The topological polar surface area (TPSA) is 76.7 Å². The number of rotatable bonds is 6. The molecule has 0 radical (unpaired) electrons. The zero-order chi connectivity index (χ0) is 14.7. The second kappa shape index (κ2) is 6.54. The molecule has 3 rings (SSSR count). The van der Waals surface area contributed by atoms with Gasteiger partial charge in [-0.25, -0.2) is 0 Å². The molecule has 3 aromatic heterocycles. The first kappa shape index (κ1) is 14.5. The van der Waals surface area contributed by atoms with E-state index in [2.05, 4.69) is 25.7 Å². The summed E-state index contributed by atoms with van der Waals surface area (Å²) in [5.41, 5.74) is 0. The normalized spacial score (nSPS) is 12.5. The lowest BCUT2D eigenvalue weighted by molar-refractivity contribution is 0.381. The second-order valence-electron chi connectivity index (χ2n) is 4.10. The van der Waals surface area contributed by atoms with Crippen molar-refractivity contribution < 1.29 is 4.52 Å². The Morgan fingerprint density at radius 1 is 1.43 bits per heavy atom. The quantitative estimate of drug-likeness (QED) is 0.682. The third-order valence-electron chi connectivity index (χ3n) is 2.54. The summed E-state index contributed by atoms with van der Waals surface area (Å²) in [4.78, 5) is 5.45. The second-order valence-corrected chi connectivity index (χ2v) is 7.61. The van der Waals surface area contributed by atoms with E-state index in [1.165, 1.54) is 11.3 Å². The van der Waals surface area contributed by atoms with Gasteiger partial charge in [0.1, 0.15) is 0 Å². The molecule has 9 heteroatoms. The molecule has 0 amide bonds. The maximum Gasteiger partial charge on any atom is 0.240 e. The molecule has 1 N–H and O–H groups in total. The number of hydrogen-bond donors (Lipinski definition) is 1. The van der Waals surface area contributed by atoms with Crippen LogP contribution in [0.2, 0.25) is 0 Å². The van der Waals surface area contributed by atoms with Gasteiger partial charge in [0.15, 0.2) is 4.34 Å². The molecule has 0 aromatic carbocycles. The van der Waals surface area contributed by atoms with E-state index in [-0.39, 0.29) is 5.25 Å². The molecule has 110 valence electrons. The molecule has 21 heavy (non-hydrogen) atoms. The predicted octanol–water partition coefficient (Wildman–Crippen LogP) is 3.93. The molecule has 3 heterocycles. The van der Waals surface area contributed by atoms with Crippen molar-refractivity contribution in [2.75, 3.05) is 11.9 Å².